The first-order valence-electron chi connectivity index (χ1n) is 9.50. The number of benzene rings is 1. The van der Waals surface area contributed by atoms with Gasteiger partial charge >= 0.3 is 12.1 Å². The van der Waals surface area contributed by atoms with Gasteiger partial charge in [0.05, 0.1) is 11.4 Å². The molecule has 0 saturated carbocycles. The normalized spacial score (nSPS) is 12.6. The molecule has 0 spiro atoms. The van der Waals surface area contributed by atoms with Gasteiger partial charge in [-0.25, -0.2) is 14.6 Å². The fourth-order valence-corrected chi connectivity index (χ4v) is 3.39. The summed E-state index contributed by atoms with van der Waals surface area (Å²) in [5, 5.41) is 12.2. The van der Waals surface area contributed by atoms with Crippen LogP contribution in [0, 0.1) is 6.92 Å². The highest BCUT2D eigenvalue weighted by atomic mass is 79.9. The maximum Gasteiger partial charge on any atom is 0.408 e. The Morgan fingerprint density at radius 2 is 1.90 bits per heavy atom. The molecule has 1 aromatic carbocycles. The third kappa shape index (κ3) is 4.99. The highest BCUT2D eigenvalue weighted by Crippen LogP contribution is 2.28. The number of halogens is 1. The molecule has 8 heteroatoms. The Labute approximate surface area is 183 Å². The number of amides is 1. The van der Waals surface area contributed by atoms with Crippen LogP contribution >= 0.6 is 15.9 Å². The predicted octanol–water partition coefficient (Wildman–Crippen LogP) is 4.59. The highest BCUT2D eigenvalue weighted by molar-refractivity contribution is 9.10. The van der Waals surface area contributed by atoms with E-state index in [1.54, 1.807) is 20.8 Å². The number of imidazole rings is 1. The molecule has 3 rings (SSSR count). The van der Waals surface area contributed by atoms with Gasteiger partial charge in [-0.2, -0.15) is 0 Å². The van der Waals surface area contributed by atoms with E-state index in [1.165, 1.54) is 0 Å². The molecule has 0 fully saturated rings. The van der Waals surface area contributed by atoms with Crippen molar-refractivity contribution in [2.45, 2.75) is 45.8 Å². The van der Waals surface area contributed by atoms with Gasteiger partial charge in [-0.1, -0.05) is 34.1 Å². The number of alkyl carbamates (subject to hydrolysis) is 1. The number of aromatic nitrogens is 2. The fourth-order valence-electron chi connectivity index (χ4n) is 3.13. The lowest BCUT2D eigenvalue weighted by Crippen LogP contribution is -2.44. The van der Waals surface area contributed by atoms with Gasteiger partial charge in [0.2, 0.25) is 0 Å². The minimum atomic E-state index is -1.17. The zero-order valence-corrected chi connectivity index (χ0v) is 18.9. The van der Waals surface area contributed by atoms with Gasteiger partial charge < -0.3 is 19.6 Å². The van der Waals surface area contributed by atoms with Crippen LogP contribution in [0.3, 0.4) is 0 Å². The molecule has 2 N–H and O–H groups in total. The largest absolute Gasteiger partial charge is 0.480 e. The first kappa shape index (κ1) is 21.8. The van der Waals surface area contributed by atoms with Crippen LogP contribution in [0.25, 0.3) is 16.9 Å². The van der Waals surface area contributed by atoms with Crippen molar-refractivity contribution in [2.75, 3.05) is 0 Å². The van der Waals surface area contributed by atoms with Crippen molar-refractivity contribution in [2.24, 2.45) is 0 Å². The monoisotopic (exact) mass is 473 g/mol. The second kappa shape index (κ2) is 8.47. The number of carbonyl (C=O) groups is 2. The molecule has 0 radical (unpaired) electrons. The van der Waals surface area contributed by atoms with E-state index >= 15 is 0 Å². The maximum atomic E-state index is 12.2. The van der Waals surface area contributed by atoms with Crippen molar-refractivity contribution in [1.82, 2.24) is 14.7 Å². The number of hydrogen-bond donors (Lipinski definition) is 2. The number of carboxylic acids is 1. The Bertz CT molecular complexity index is 1080. The second-order valence-corrected chi connectivity index (χ2v) is 8.96. The van der Waals surface area contributed by atoms with E-state index in [0.29, 0.717) is 11.4 Å². The minimum Gasteiger partial charge on any atom is -0.480 e. The Balaban J connectivity index is 2.03. The lowest BCUT2D eigenvalue weighted by atomic mass is 10.1. The quantitative estimate of drug-likeness (QED) is 0.564. The van der Waals surface area contributed by atoms with Gasteiger partial charge in [0, 0.05) is 22.7 Å². The first-order chi connectivity index (χ1) is 14.0. The lowest BCUT2D eigenvalue weighted by Gasteiger charge is -2.22. The van der Waals surface area contributed by atoms with E-state index in [4.69, 9.17) is 9.72 Å². The molecule has 0 saturated heterocycles. The number of pyridine rings is 1. The summed E-state index contributed by atoms with van der Waals surface area (Å²) in [4.78, 5) is 28.9. The van der Waals surface area contributed by atoms with Crippen LogP contribution in [0.5, 0.6) is 0 Å². The Hall–Kier alpha value is -2.87. The van der Waals surface area contributed by atoms with Crippen molar-refractivity contribution < 1.29 is 19.4 Å². The van der Waals surface area contributed by atoms with E-state index in [1.807, 2.05) is 53.9 Å². The summed E-state index contributed by atoms with van der Waals surface area (Å²) in [7, 11) is 0. The van der Waals surface area contributed by atoms with Crippen LogP contribution < -0.4 is 5.32 Å². The molecule has 2 aromatic heterocycles. The second-order valence-electron chi connectivity index (χ2n) is 8.04. The molecule has 0 aliphatic heterocycles. The van der Waals surface area contributed by atoms with Gasteiger partial charge in [0.15, 0.2) is 0 Å². The number of aliphatic carboxylic acids is 1. The minimum absolute atomic E-state index is 0.0462. The number of fused-ring (bicyclic) bond motifs is 1. The number of rotatable bonds is 5. The van der Waals surface area contributed by atoms with Crippen LogP contribution in [-0.4, -0.2) is 38.2 Å². The molecular weight excluding hydrogens is 450 g/mol. The van der Waals surface area contributed by atoms with Crippen LogP contribution in [-0.2, 0) is 16.0 Å². The zero-order valence-electron chi connectivity index (χ0n) is 17.3. The molecule has 2 heterocycles. The topological polar surface area (TPSA) is 92.9 Å². The van der Waals surface area contributed by atoms with Crippen molar-refractivity contribution in [3.05, 3.63) is 58.3 Å². The van der Waals surface area contributed by atoms with Gasteiger partial charge in [0.1, 0.15) is 17.3 Å². The molecule has 0 aliphatic carbocycles. The predicted molar refractivity (Wildman–Crippen MR) is 118 cm³/mol. The third-order valence-corrected chi connectivity index (χ3v) is 4.98. The summed E-state index contributed by atoms with van der Waals surface area (Å²) in [6.07, 6.45) is 1.12. The van der Waals surface area contributed by atoms with E-state index in [-0.39, 0.29) is 6.42 Å². The van der Waals surface area contributed by atoms with Crippen molar-refractivity contribution in [3.8, 4) is 11.3 Å². The van der Waals surface area contributed by atoms with E-state index in [9.17, 15) is 14.7 Å². The fraction of sp³-hybridized carbons (Fsp3) is 0.318. The summed E-state index contributed by atoms with van der Waals surface area (Å²) in [6.45, 7) is 7.12. The van der Waals surface area contributed by atoms with E-state index in [2.05, 4.69) is 21.2 Å². The molecule has 3 aromatic rings. The van der Waals surface area contributed by atoms with Gasteiger partial charge in [-0.3, -0.25) is 0 Å². The summed E-state index contributed by atoms with van der Waals surface area (Å²) >= 11 is 3.43. The smallest absolute Gasteiger partial charge is 0.408 e. The zero-order chi connectivity index (χ0) is 22.1. The lowest BCUT2D eigenvalue weighted by molar-refractivity contribution is -0.139. The number of aryl methyl sites for hydroxylation is 1. The number of ether oxygens (including phenoxy) is 1. The molecule has 30 heavy (non-hydrogen) atoms. The SMILES string of the molecule is Cc1cccn2c(CC(NC(=O)OC(C)(C)C)C(=O)O)c(-c3ccc(Br)cc3)nc12. The summed E-state index contributed by atoms with van der Waals surface area (Å²) < 4.78 is 8.04. The first-order valence-corrected chi connectivity index (χ1v) is 10.3. The molecular formula is C22H24BrN3O4. The summed E-state index contributed by atoms with van der Waals surface area (Å²) in [5.41, 5.74) is 3.21. The van der Waals surface area contributed by atoms with Crippen molar-refractivity contribution >= 4 is 33.6 Å². The van der Waals surface area contributed by atoms with Crippen molar-refractivity contribution in [3.63, 3.8) is 0 Å². The molecule has 0 bridgehead atoms. The molecule has 1 amide bonds. The standard InChI is InChI=1S/C22H24BrN3O4/c1-13-6-5-11-26-17(12-16(20(27)28)24-21(29)30-22(2,3)4)18(25-19(13)26)14-7-9-15(23)10-8-14/h5-11,16H,12H2,1-4H3,(H,24,29)(H,27,28). The number of carboxylic acid groups (broad SMARTS) is 1. The molecule has 1 atom stereocenters. The van der Waals surface area contributed by atoms with Crippen LogP contribution in [0.2, 0.25) is 0 Å². The van der Waals surface area contributed by atoms with E-state index in [0.717, 1.165) is 21.2 Å². The number of nitrogens with zero attached hydrogens (tertiary/aromatic N) is 2. The highest BCUT2D eigenvalue weighted by Gasteiger charge is 2.27. The van der Waals surface area contributed by atoms with Gasteiger partial charge in [-0.05, 0) is 51.5 Å². The summed E-state index contributed by atoms with van der Waals surface area (Å²) in [6, 6.07) is 10.3. The average Bonchev–Trinajstić information content (AvgIpc) is 3.00. The maximum absolute atomic E-state index is 12.2. The summed E-state index contributed by atoms with van der Waals surface area (Å²) in [5.74, 6) is -1.15. The number of hydrogen-bond acceptors (Lipinski definition) is 4. The average molecular weight is 474 g/mol. The molecule has 0 aliphatic rings. The van der Waals surface area contributed by atoms with Gasteiger partial charge in [-0.15, -0.1) is 0 Å². The van der Waals surface area contributed by atoms with E-state index < -0.39 is 23.7 Å². The van der Waals surface area contributed by atoms with Crippen molar-refractivity contribution in [1.29, 1.82) is 0 Å². The van der Waals surface area contributed by atoms with Crippen LogP contribution in [0.15, 0.2) is 47.1 Å². The Kier molecular flexibility index (Phi) is 6.17. The van der Waals surface area contributed by atoms with Gasteiger partial charge in [0.25, 0.3) is 0 Å². The Morgan fingerprint density at radius 1 is 1.23 bits per heavy atom. The molecule has 158 valence electrons. The van der Waals surface area contributed by atoms with Crippen LogP contribution in [0.4, 0.5) is 4.79 Å². The number of nitrogens with one attached hydrogen (secondary N) is 1. The molecule has 1 unspecified atom stereocenters. The van der Waals surface area contributed by atoms with Crippen LogP contribution in [0.1, 0.15) is 32.0 Å². The number of carbonyl (C=O) groups excluding carboxylic acids is 1. The Morgan fingerprint density at radius 3 is 2.50 bits per heavy atom. The molecule has 7 nitrogen and oxygen atoms in total. The third-order valence-electron chi connectivity index (χ3n) is 4.45.